The van der Waals surface area contributed by atoms with Crippen molar-refractivity contribution < 1.29 is 23.9 Å². The molecule has 2 aromatic rings. The standard InChI is InChI=1S/C23H25N2O5/c1-23(2,3)30-22(25-20(27)16-10-5-6-11-17(16)21(25)28)18(19(24)26)13-14-8-7-9-15(12-14)29-4/h5-12,18,22,24H,13H2,1-4H3. The third-order valence-corrected chi connectivity index (χ3v) is 4.83. The quantitative estimate of drug-likeness (QED) is 0.655. The number of carbonyl (C=O) groups is 3. The van der Waals surface area contributed by atoms with E-state index in [9.17, 15) is 14.4 Å². The Morgan fingerprint density at radius 2 is 1.63 bits per heavy atom. The first-order valence-corrected chi connectivity index (χ1v) is 9.65. The normalized spacial score (nSPS) is 15.7. The van der Waals surface area contributed by atoms with E-state index in [1.54, 1.807) is 69.3 Å². The summed E-state index contributed by atoms with van der Waals surface area (Å²) in [6.07, 6.45) is -1.10. The minimum Gasteiger partial charge on any atom is -0.497 e. The molecule has 1 heterocycles. The second-order valence-electron chi connectivity index (χ2n) is 8.17. The number of nitrogens with zero attached hydrogens (tertiary/aromatic N) is 1. The number of rotatable bonds is 7. The Morgan fingerprint density at radius 3 is 2.13 bits per heavy atom. The van der Waals surface area contributed by atoms with Crippen LogP contribution in [0.4, 0.5) is 0 Å². The predicted molar refractivity (Wildman–Crippen MR) is 110 cm³/mol. The fraction of sp³-hybridized carbons (Fsp3) is 0.348. The van der Waals surface area contributed by atoms with Crippen molar-refractivity contribution in [1.29, 1.82) is 0 Å². The summed E-state index contributed by atoms with van der Waals surface area (Å²) >= 11 is 0. The van der Waals surface area contributed by atoms with Crippen molar-refractivity contribution in [3.8, 4) is 5.75 Å². The van der Waals surface area contributed by atoms with Gasteiger partial charge in [0.1, 0.15) is 5.75 Å². The van der Waals surface area contributed by atoms with Gasteiger partial charge >= 0.3 is 0 Å². The highest BCUT2D eigenvalue weighted by atomic mass is 16.5. The van der Waals surface area contributed by atoms with Crippen molar-refractivity contribution in [2.45, 2.75) is 39.0 Å². The van der Waals surface area contributed by atoms with E-state index in [1.165, 1.54) is 7.11 Å². The molecule has 1 N–H and O–H groups in total. The van der Waals surface area contributed by atoms with Crippen molar-refractivity contribution in [3.63, 3.8) is 0 Å². The Balaban J connectivity index is 2.02. The summed E-state index contributed by atoms with van der Waals surface area (Å²) < 4.78 is 11.3. The topological polar surface area (TPSA) is 96.7 Å². The number of amides is 3. The maximum Gasteiger partial charge on any atom is 0.263 e. The molecule has 0 aromatic heterocycles. The highest BCUT2D eigenvalue weighted by Crippen LogP contribution is 2.31. The lowest BCUT2D eigenvalue weighted by Gasteiger charge is -2.36. The van der Waals surface area contributed by atoms with Gasteiger partial charge < -0.3 is 9.47 Å². The number of methoxy groups -OCH3 is 1. The van der Waals surface area contributed by atoms with Crippen LogP contribution in [0.1, 0.15) is 47.1 Å². The molecule has 7 heteroatoms. The van der Waals surface area contributed by atoms with Crippen molar-refractivity contribution in [3.05, 3.63) is 65.2 Å². The lowest BCUT2D eigenvalue weighted by Crippen LogP contribution is -2.52. The van der Waals surface area contributed by atoms with E-state index in [2.05, 4.69) is 0 Å². The Kier molecular flexibility index (Phi) is 5.94. The van der Waals surface area contributed by atoms with Crippen molar-refractivity contribution in [1.82, 2.24) is 10.6 Å². The van der Waals surface area contributed by atoms with Crippen LogP contribution in [0.5, 0.6) is 5.75 Å². The maximum atomic E-state index is 13.0. The van der Waals surface area contributed by atoms with Gasteiger partial charge in [0.05, 0.1) is 29.8 Å². The van der Waals surface area contributed by atoms with Crippen LogP contribution in [0.25, 0.3) is 0 Å². The van der Waals surface area contributed by atoms with E-state index >= 15 is 0 Å². The first-order valence-electron chi connectivity index (χ1n) is 9.65. The molecule has 0 saturated heterocycles. The van der Waals surface area contributed by atoms with E-state index in [0.29, 0.717) is 5.75 Å². The Hall–Kier alpha value is -3.19. The summed E-state index contributed by atoms with van der Waals surface area (Å²) in [7, 11) is 1.54. The zero-order valence-electron chi connectivity index (χ0n) is 17.5. The van der Waals surface area contributed by atoms with Gasteiger partial charge in [-0.3, -0.25) is 20.1 Å². The van der Waals surface area contributed by atoms with E-state index < -0.39 is 35.5 Å². The Morgan fingerprint density at radius 1 is 1.03 bits per heavy atom. The number of carbonyl (C=O) groups excluding carboxylic acids is 3. The summed E-state index contributed by atoms with van der Waals surface area (Å²) in [5, 5.41) is 0. The van der Waals surface area contributed by atoms with E-state index in [4.69, 9.17) is 15.2 Å². The highest BCUT2D eigenvalue weighted by molar-refractivity contribution is 6.21. The molecule has 0 fully saturated rings. The monoisotopic (exact) mass is 409 g/mol. The summed E-state index contributed by atoms with van der Waals surface area (Å²) in [5.74, 6) is -2.41. The number of fused-ring (bicyclic) bond motifs is 1. The summed E-state index contributed by atoms with van der Waals surface area (Å²) in [5.41, 5.74) is 8.38. The van der Waals surface area contributed by atoms with Crippen molar-refractivity contribution in [2.75, 3.05) is 7.11 Å². The molecule has 7 nitrogen and oxygen atoms in total. The number of ether oxygens (including phenoxy) is 2. The van der Waals surface area contributed by atoms with Crippen LogP contribution in [-0.2, 0) is 16.0 Å². The highest BCUT2D eigenvalue weighted by Gasteiger charge is 2.46. The molecule has 30 heavy (non-hydrogen) atoms. The van der Waals surface area contributed by atoms with Gasteiger partial charge in [0.25, 0.3) is 11.8 Å². The van der Waals surface area contributed by atoms with Gasteiger partial charge in [-0.25, -0.2) is 4.90 Å². The van der Waals surface area contributed by atoms with Crippen LogP contribution < -0.4 is 10.5 Å². The third-order valence-electron chi connectivity index (χ3n) is 4.83. The Bertz CT molecular complexity index is 945. The summed E-state index contributed by atoms with van der Waals surface area (Å²) in [6.45, 7) is 5.32. The van der Waals surface area contributed by atoms with Crippen LogP contribution in [0.3, 0.4) is 0 Å². The lowest BCUT2D eigenvalue weighted by atomic mass is 9.95. The SMILES string of the molecule is COc1cccc(CC(C([NH])=O)C(OC(C)(C)C)N2C(=O)c3ccccc3C2=O)c1. The van der Waals surface area contributed by atoms with Crippen LogP contribution >= 0.6 is 0 Å². The van der Waals surface area contributed by atoms with Gasteiger partial charge in [0.15, 0.2) is 6.23 Å². The largest absolute Gasteiger partial charge is 0.497 e. The number of benzene rings is 2. The minimum absolute atomic E-state index is 0.119. The molecule has 1 aliphatic heterocycles. The lowest BCUT2D eigenvalue weighted by molar-refractivity contribution is -0.150. The fourth-order valence-electron chi connectivity index (χ4n) is 3.49. The molecule has 2 aromatic carbocycles. The number of hydrogen-bond acceptors (Lipinski definition) is 5. The summed E-state index contributed by atoms with van der Waals surface area (Å²) in [4.78, 5) is 39.5. The molecule has 1 aliphatic rings. The first kappa shape index (κ1) is 21.5. The van der Waals surface area contributed by atoms with Gasteiger partial charge in [-0.2, -0.15) is 0 Å². The molecular formula is C23H25N2O5. The second kappa shape index (κ2) is 8.28. The number of imide groups is 1. The Labute approximate surface area is 175 Å². The summed E-state index contributed by atoms with van der Waals surface area (Å²) in [6, 6.07) is 13.6. The van der Waals surface area contributed by atoms with Gasteiger partial charge in [0, 0.05) is 0 Å². The van der Waals surface area contributed by atoms with Crippen LogP contribution in [-0.4, -0.2) is 41.6 Å². The second-order valence-corrected chi connectivity index (χ2v) is 8.17. The number of nitrogens with one attached hydrogen (secondary N) is 1. The molecule has 1 radical (unpaired) electrons. The molecule has 0 spiro atoms. The molecule has 2 atom stereocenters. The van der Waals surface area contributed by atoms with E-state index in [-0.39, 0.29) is 17.5 Å². The van der Waals surface area contributed by atoms with Gasteiger partial charge in [-0.05, 0) is 57.0 Å². The molecular weight excluding hydrogens is 384 g/mol. The van der Waals surface area contributed by atoms with E-state index in [0.717, 1.165) is 10.5 Å². The molecule has 0 aliphatic carbocycles. The maximum absolute atomic E-state index is 13.0. The fourth-order valence-corrected chi connectivity index (χ4v) is 3.49. The first-order chi connectivity index (χ1) is 14.1. The minimum atomic E-state index is -1.21. The number of hydrogen-bond donors (Lipinski definition) is 0. The van der Waals surface area contributed by atoms with Gasteiger partial charge in [-0.1, -0.05) is 24.3 Å². The van der Waals surface area contributed by atoms with Crippen molar-refractivity contribution >= 4 is 17.7 Å². The molecule has 3 amide bonds. The molecule has 2 unspecified atom stereocenters. The zero-order valence-corrected chi connectivity index (χ0v) is 17.5. The smallest absolute Gasteiger partial charge is 0.263 e. The van der Waals surface area contributed by atoms with Crippen LogP contribution in [0.15, 0.2) is 48.5 Å². The third kappa shape index (κ3) is 4.36. The van der Waals surface area contributed by atoms with Crippen LogP contribution in [0.2, 0.25) is 0 Å². The van der Waals surface area contributed by atoms with E-state index in [1.807, 2.05) is 0 Å². The van der Waals surface area contributed by atoms with Crippen molar-refractivity contribution in [2.24, 2.45) is 5.92 Å². The molecule has 3 rings (SSSR count). The van der Waals surface area contributed by atoms with Gasteiger partial charge in [-0.15, -0.1) is 0 Å². The predicted octanol–water partition coefficient (Wildman–Crippen LogP) is 3.10. The zero-order chi connectivity index (χ0) is 22.1. The molecule has 0 saturated carbocycles. The molecule has 0 bridgehead atoms. The average Bonchev–Trinajstić information content (AvgIpc) is 2.94. The van der Waals surface area contributed by atoms with Crippen LogP contribution in [0, 0.1) is 5.92 Å². The molecule has 157 valence electrons. The average molecular weight is 409 g/mol. The van der Waals surface area contributed by atoms with Gasteiger partial charge in [0.2, 0.25) is 5.91 Å².